The molecule has 0 heterocycles. The van der Waals surface area contributed by atoms with Gasteiger partial charge < -0.3 is 4.98 Å². The van der Waals surface area contributed by atoms with E-state index in [9.17, 15) is 0 Å². The van der Waals surface area contributed by atoms with Gasteiger partial charge in [0.2, 0.25) is 0 Å². The summed E-state index contributed by atoms with van der Waals surface area (Å²) in [5, 5.41) is 0. The number of rotatable bonds is 5. The van der Waals surface area contributed by atoms with Gasteiger partial charge >= 0.3 is 0 Å². The summed E-state index contributed by atoms with van der Waals surface area (Å²) in [6.45, 7) is 11.6. The molecule has 2 heteroatoms. The van der Waals surface area contributed by atoms with Crippen LogP contribution < -0.4 is 4.98 Å². The molecule has 0 saturated heterocycles. The monoisotopic (exact) mass is 157 g/mol. The topological polar surface area (TPSA) is 12.0 Å². The molecule has 1 nitrogen and oxygen atoms in total. The summed E-state index contributed by atoms with van der Waals surface area (Å²) < 4.78 is 0. The molecule has 2 unspecified atom stereocenters. The van der Waals surface area contributed by atoms with Gasteiger partial charge in [0.05, 0.1) is 0 Å². The second-order valence-electron chi connectivity index (χ2n) is 2.70. The van der Waals surface area contributed by atoms with E-state index in [1.54, 1.807) is 0 Å². The number of nitrogens with one attached hydrogen (secondary N) is 1. The Labute approximate surface area is 66.2 Å². The van der Waals surface area contributed by atoms with Crippen molar-refractivity contribution in [3.8, 4) is 0 Å². The van der Waals surface area contributed by atoms with Gasteiger partial charge in [-0.15, -0.1) is 6.58 Å². The van der Waals surface area contributed by atoms with Gasteiger partial charge in [-0.2, -0.15) is 0 Å². The largest absolute Gasteiger partial charge is 0.337 e. The maximum Gasteiger partial charge on any atom is 0.135 e. The Morgan fingerprint density at radius 2 is 2.20 bits per heavy atom. The standard InChI is InChI=1S/C8H19NSi/c1-5-8(4)10(7-3)9-6-2/h7-10H,3,5-6H2,1-2,4H3. The Bertz CT molecular complexity index is 93.3. The van der Waals surface area contributed by atoms with Gasteiger partial charge in [0, 0.05) is 0 Å². The molecule has 0 fully saturated rings. The molecule has 2 atom stereocenters. The maximum absolute atomic E-state index is 3.85. The summed E-state index contributed by atoms with van der Waals surface area (Å²) in [6, 6.07) is 0. The molecule has 0 aromatic rings. The van der Waals surface area contributed by atoms with E-state index in [-0.39, 0.29) is 0 Å². The van der Waals surface area contributed by atoms with E-state index in [0.29, 0.717) is 0 Å². The van der Waals surface area contributed by atoms with Crippen LogP contribution in [0, 0.1) is 0 Å². The van der Waals surface area contributed by atoms with Crippen LogP contribution in [0.4, 0.5) is 0 Å². The molecule has 0 aromatic carbocycles. The molecule has 0 amide bonds. The van der Waals surface area contributed by atoms with Crippen molar-refractivity contribution in [2.24, 2.45) is 0 Å². The first-order valence-corrected chi connectivity index (χ1v) is 6.03. The predicted molar refractivity (Wildman–Crippen MR) is 50.7 cm³/mol. The lowest BCUT2D eigenvalue weighted by Gasteiger charge is -2.17. The highest BCUT2D eigenvalue weighted by Gasteiger charge is 2.11. The molecule has 0 aliphatic heterocycles. The van der Waals surface area contributed by atoms with Crippen LogP contribution in [0.3, 0.4) is 0 Å². The summed E-state index contributed by atoms with van der Waals surface area (Å²) in [6.07, 6.45) is 1.27. The molecular weight excluding hydrogens is 138 g/mol. The van der Waals surface area contributed by atoms with Crippen molar-refractivity contribution >= 4 is 8.96 Å². The van der Waals surface area contributed by atoms with Crippen molar-refractivity contribution in [2.75, 3.05) is 6.54 Å². The molecule has 0 aromatic heterocycles. The molecular formula is C8H19NSi. The van der Waals surface area contributed by atoms with Crippen LogP contribution in [-0.2, 0) is 0 Å². The quantitative estimate of drug-likeness (QED) is 0.601. The highest BCUT2D eigenvalue weighted by atomic mass is 28.3. The Hall–Kier alpha value is -0.0831. The fraction of sp³-hybridized carbons (Fsp3) is 0.750. The third kappa shape index (κ3) is 3.18. The van der Waals surface area contributed by atoms with Gasteiger partial charge in [0.15, 0.2) is 0 Å². The predicted octanol–water partition coefficient (Wildman–Crippen LogP) is 1.84. The molecule has 0 radical (unpaired) electrons. The van der Waals surface area contributed by atoms with Gasteiger partial charge in [-0.3, -0.25) is 0 Å². The minimum atomic E-state index is -0.793. The van der Waals surface area contributed by atoms with E-state index in [1.807, 2.05) is 0 Å². The molecule has 10 heavy (non-hydrogen) atoms. The maximum atomic E-state index is 3.85. The second kappa shape index (κ2) is 5.68. The highest BCUT2D eigenvalue weighted by molar-refractivity contribution is 6.63. The van der Waals surface area contributed by atoms with E-state index >= 15 is 0 Å². The van der Waals surface area contributed by atoms with E-state index in [2.05, 4.69) is 38.0 Å². The van der Waals surface area contributed by atoms with Crippen molar-refractivity contribution in [1.82, 2.24) is 4.98 Å². The SMILES string of the molecule is C=C[SiH](NCC)C(C)CC. The molecule has 0 aliphatic carbocycles. The van der Waals surface area contributed by atoms with E-state index in [1.165, 1.54) is 6.42 Å². The summed E-state index contributed by atoms with van der Waals surface area (Å²) in [7, 11) is -0.793. The van der Waals surface area contributed by atoms with Gasteiger partial charge in [0.25, 0.3) is 0 Å². The zero-order chi connectivity index (χ0) is 7.98. The molecule has 1 N–H and O–H groups in total. The third-order valence-electron chi connectivity index (χ3n) is 1.95. The lowest BCUT2D eigenvalue weighted by atomic mass is 10.4. The van der Waals surface area contributed by atoms with Crippen LogP contribution in [0.5, 0.6) is 0 Å². The number of hydrogen-bond donors (Lipinski definition) is 1. The van der Waals surface area contributed by atoms with E-state index in [4.69, 9.17) is 0 Å². The first kappa shape index (κ1) is 9.92. The first-order valence-electron chi connectivity index (χ1n) is 4.12. The van der Waals surface area contributed by atoms with Crippen LogP contribution in [0.2, 0.25) is 5.54 Å². The van der Waals surface area contributed by atoms with Crippen LogP contribution in [0.25, 0.3) is 0 Å². The first-order chi connectivity index (χ1) is 4.76. The summed E-state index contributed by atoms with van der Waals surface area (Å²) >= 11 is 0. The van der Waals surface area contributed by atoms with Gasteiger partial charge in [-0.25, -0.2) is 0 Å². The highest BCUT2D eigenvalue weighted by Crippen LogP contribution is 2.11. The average molecular weight is 157 g/mol. The van der Waals surface area contributed by atoms with Crippen molar-refractivity contribution in [2.45, 2.75) is 32.7 Å². The molecule has 0 spiro atoms. The lowest BCUT2D eigenvalue weighted by Crippen LogP contribution is -2.35. The average Bonchev–Trinajstić information content (AvgIpc) is 1.99. The summed E-state index contributed by atoms with van der Waals surface area (Å²) in [4.78, 5) is 3.50. The van der Waals surface area contributed by atoms with Crippen molar-refractivity contribution in [3.05, 3.63) is 12.3 Å². The van der Waals surface area contributed by atoms with Crippen molar-refractivity contribution in [1.29, 1.82) is 0 Å². The summed E-state index contributed by atoms with van der Waals surface area (Å²) in [5.41, 5.74) is 2.98. The van der Waals surface area contributed by atoms with Gasteiger partial charge in [-0.1, -0.05) is 32.9 Å². The zero-order valence-corrected chi connectivity index (χ0v) is 8.51. The number of hydrogen-bond acceptors (Lipinski definition) is 1. The molecule has 60 valence electrons. The van der Waals surface area contributed by atoms with Crippen LogP contribution in [-0.4, -0.2) is 15.5 Å². The molecule has 0 aliphatic rings. The Kier molecular flexibility index (Phi) is 5.64. The lowest BCUT2D eigenvalue weighted by molar-refractivity contribution is 0.825. The Morgan fingerprint density at radius 3 is 2.50 bits per heavy atom. The molecule has 0 rings (SSSR count). The zero-order valence-electron chi connectivity index (χ0n) is 7.35. The van der Waals surface area contributed by atoms with Crippen LogP contribution >= 0.6 is 0 Å². The normalized spacial score (nSPS) is 16.3. The second-order valence-corrected chi connectivity index (χ2v) is 5.77. The van der Waals surface area contributed by atoms with Crippen LogP contribution in [0.1, 0.15) is 27.2 Å². The smallest absolute Gasteiger partial charge is 0.135 e. The Balaban J connectivity index is 3.67. The van der Waals surface area contributed by atoms with E-state index < -0.39 is 8.96 Å². The van der Waals surface area contributed by atoms with Crippen molar-refractivity contribution in [3.63, 3.8) is 0 Å². The molecule has 0 saturated carbocycles. The summed E-state index contributed by atoms with van der Waals surface area (Å²) in [5.74, 6) is 0. The molecule has 0 bridgehead atoms. The fourth-order valence-corrected chi connectivity index (χ4v) is 3.02. The third-order valence-corrected chi connectivity index (χ3v) is 5.04. The van der Waals surface area contributed by atoms with E-state index in [0.717, 1.165) is 12.1 Å². The fourth-order valence-electron chi connectivity index (χ4n) is 1.01. The minimum absolute atomic E-state index is 0.793. The van der Waals surface area contributed by atoms with Gasteiger partial charge in [0.1, 0.15) is 8.96 Å². The Morgan fingerprint density at radius 1 is 1.60 bits per heavy atom. The minimum Gasteiger partial charge on any atom is -0.337 e. The van der Waals surface area contributed by atoms with Gasteiger partial charge in [-0.05, 0) is 12.1 Å². The van der Waals surface area contributed by atoms with Crippen molar-refractivity contribution < 1.29 is 0 Å². The van der Waals surface area contributed by atoms with Crippen LogP contribution in [0.15, 0.2) is 12.3 Å².